The fourth-order valence-corrected chi connectivity index (χ4v) is 0.339. The van der Waals surface area contributed by atoms with Gasteiger partial charge in [0.05, 0.1) is 18.1 Å². The van der Waals surface area contributed by atoms with Gasteiger partial charge < -0.3 is 5.11 Å². The van der Waals surface area contributed by atoms with E-state index < -0.39 is 6.09 Å². The van der Waals surface area contributed by atoms with Gasteiger partial charge in [-0.1, -0.05) is 0 Å². The Kier molecular flexibility index (Phi) is 1.35. The molecule has 0 aliphatic carbocycles. The van der Waals surface area contributed by atoms with Crippen molar-refractivity contribution in [2.24, 2.45) is 4.99 Å². The molecule has 0 aromatic carbocycles. The second-order valence-electron chi connectivity index (χ2n) is 1.42. The number of aliphatic imine (C=N–C) groups is 1. The molecule has 1 aliphatic heterocycles. The molecule has 1 heterocycles. The van der Waals surface area contributed by atoms with E-state index in [1.165, 1.54) is 12.4 Å². The first-order valence-electron chi connectivity index (χ1n) is 2.27. The van der Waals surface area contributed by atoms with Crippen LogP contribution in [-0.4, -0.2) is 17.4 Å². The van der Waals surface area contributed by atoms with E-state index in [9.17, 15) is 4.79 Å². The Balaban J connectivity index is 2.13. The summed E-state index contributed by atoms with van der Waals surface area (Å²) in [5.41, 5.74) is 5.00. The molecule has 0 bridgehead atoms. The van der Waals surface area contributed by atoms with Gasteiger partial charge in [0.2, 0.25) is 0 Å². The zero-order valence-electron chi connectivity index (χ0n) is 4.46. The minimum absolute atomic E-state index is 0.664. The number of hydrogen-bond donors (Lipinski definition) is 3. The van der Waals surface area contributed by atoms with Gasteiger partial charge in [-0.25, -0.2) is 10.2 Å². The molecule has 5 nitrogen and oxygen atoms in total. The summed E-state index contributed by atoms with van der Waals surface area (Å²) >= 11 is 0. The molecule has 3 N–H and O–H groups in total. The van der Waals surface area contributed by atoms with Crippen LogP contribution in [0, 0.1) is 0 Å². The highest BCUT2D eigenvalue weighted by atomic mass is 16.4. The highest BCUT2D eigenvalue weighted by Crippen LogP contribution is 1.92. The molecule has 5 heteroatoms. The van der Waals surface area contributed by atoms with Gasteiger partial charge in [-0.05, 0) is 0 Å². The summed E-state index contributed by atoms with van der Waals surface area (Å²) < 4.78 is 0. The monoisotopic (exact) mass is 127 g/mol. The maximum absolute atomic E-state index is 9.80. The number of amides is 1. The lowest BCUT2D eigenvalue weighted by atomic mass is 10.4. The van der Waals surface area contributed by atoms with Crippen LogP contribution in [0.4, 0.5) is 4.79 Å². The number of rotatable bonds is 2. The van der Waals surface area contributed by atoms with Gasteiger partial charge in [0, 0.05) is 0 Å². The fraction of sp³-hybridized carbons (Fsp3) is 0. The molecule has 0 fully saturated rings. The summed E-state index contributed by atoms with van der Waals surface area (Å²) in [6.45, 7) is 0. The zero-order valence-corrected chi connectivity index (χ0v) is 4.46. The van der Waals surface area contributed by atoms with E-state index in [0.29, 0.717) is 5.70 Å². The number of hydrazine groups is 1. The molecule has 1 aliphatic rings. The van der Waals surface area contributed by atoms with Gasteiger partial charge in [0.1, 0.15) is 0 Å². The minimum atomic E-state index is -1.11. The van der Waals surface area contributed by atoms with Crippen LogP contribution in [0.3, 0.4) is 0 Å². The quantitative estimate of drug-likeness (QED) is 0.445. The Hall–Kier alpha value is -1.52. The van der Waals surface area contributed by atoms with E-state index in [4.69, 9.17) is 5.11 Å². The SMILES string of the molecule is O=C(O)NNC1=CN=C1. The van der Waals surface area contributed by atoms with E-state index in [2.05, 4.69) is 10.4 Å². The van der Waals surface area contributed by atoms with Crippen LogP contribution in [0.5, 0.6) is 0 Å². The lowest BCUT2D eigenvalue weighted by Gasteiger charge is -2.07. The Bertz CT molecular complexity index is 184. The summed E-state index contributed by atoms with van der Waals surface area (Å²) in [7, 11) is 0. The number of carbonyl (C=O) groups is 1. The van der Waals surface area contributed by atoms with E-state index in [1.807, 2.05) is 5.43 Å². The highest BCUT2D eigenvalue weighted by molar-refractivity contribution is 5.83. The van der Waals surface area contributed by atoms with Crippen molar-refractivity contribution in [2.45, 2.75) is 0 Å². The topological polar surface area (TPSA) is 73.7 Å². The summed E-state index contributed by atoms with van der Waals surface area (Å²) in [5.74, 6) is 0. The van der Waals surface area contributed by atoms with Crippen molar-refractivity contribution in [3.8, 4) is 0 Å². The number of allylic oxidation sites excluding steroid dienone is 1. The first kappa shape index (κ1) is 5.61. The molecular weight excluding hydrogens is 122 g/mol. The third-order valence-electron chi connectivity index (χ3n) is 0.741. The fourth-order valence-electron chi connectivity index (χ4n) is 0.339. The summed E-state index contributed by atoms with van der Waals surface area (Å²) in [6, 6.07) is 0. The van der Waals surface area contributed by atoms with Crippen LogP contribution in [-0.2, 0) is 0 Å². The average molecular weight is 127 g/mol. The maximum Gasteiger partial charge on any atom is 0.423 e. The lowest BCUT2D eigenvalue weighted by Crippen LogP contribution is -2.36. The molecule has 9 heavy (non-hydrogen) atoms. The Morgan fingerprint density at radius 3 is 2.78 bits per heavy atom. The summed E-state index contributed by atoms with van der Waals surface area (Å²) in [6.07, 6.45) is 1.91. The van der Waals surface area contributed by atoms with Crippen molar-refractivity contribution in [3.63, 3.8) is 0 Å². The molecule has 1 amide bonds. The third-order valence-corrected chi connectivity index (χ3v) is 0.741. The van der Waals surface area contributed by atoms with E-state index >= 15 is 0 Å². The Labute approximate surface area is 51.1 Å². The van der Waals surface area contributed by atoms with Gasteiger partial charge in [0.15, 0.2) is 0 Å². The molecule has 0 saturated carbocycles. The van der Waals surface area contributed by atoms with Gasteiger partial charge in [-0.3, -0.25) is 10.4 Å². The maximum atomic E-state index is 9.80. The lowest BCUT2D eigenvalue weighted by molar-refractivity contribution is 0.191. The predicted molar refractivity (Wildman–Crippen MR) is 30.9 cm³/mol. The van der Waals surface area contributed by atoms with Crippen LogP contribution in [0.2, 0.25) is 0 Å². The highest BCUT2D eigenvalue weighted by Gasteiger charge is 1.98. The molecule has 0 aromatic heterocycles. The average Bonchev–Trinajstić information content (AvgIpc) is 1.60. The Morgan fingerprint density at radius 1 is 1.78 bits per heavy atom. The normalized spacial score (nSPS) is 13.6. The van der Waals surface area contributed by atoms with Crippen molar-refractivity contribution in [2.75, 3.05) is 0 Å². The minimum Gasteiger partial charge on any atom is -0.464 e. The number of hydrogen-bond acceptors (Lipinski definition) is 3. The third kappa shape index (κ3) is 1.45. The van der Waals surface area contributed by atoms with Crippen LogP contribution < -0.4 is 10.9 Å². The molecule has 0 saturated heterocycles. The molecular formula is C4H5N3O2. The zero-order chi connectivity index (χ0) is 6.69. The van der Waals surface area contributed by atoms with E-state index in [0.717, 1.165) is 0 Å². The van der Waals surface area contributed by atoms with Gasteiger partial charge in [0.25, 0.3) is 0 Å². The number of nitrogens with zero attached hydrogens (tertiary/aromatic N) is 1. The molecule has 0 atom stereocenters. The van der Waals surface area contributed by atoms with Gasteiger partial charge in [-0.2, -0.15) is 0 Å². The van der Waals surface area contributed by atoms with Crippen molar-refractivity contribution in [3.05, 3.63) is 11.9 Å². The van der Waals surface area contributed by atoms with Crippen molar-refractivity contribution in [1.82, 2.24) is 10.9 Å². The second kappa shape index (κ2) is 2.17. The number of carboxylic acid groups (broad SMARTS) is 1. The first-order valence-corrected chi connectivity index (χ1v) is 2.27. The van der Waals surface area contributed by atoms with Crippen molar-refractivity contribution < 1.29 is 9.90 Å². The van der Waals surface area contributed by atoms with Gasteiger partial charge in [-0.15, -0.1) is 0 Å². The second-order valence-corrected chi connectivity index (χ2v) is 1.42. The first-order chi connectivity index (χ1) is 4.29. The van der Waals surface area contributed by atoms with Crippen LogP contribution in [0.1, 0.15) is 0 Å². The standard InChI is InChI=1S/C4H5N3O2/c8-4(9)7-6-3-1-5-2-3/h1-2,6-7H,(H,8,9). The number of nitrogens with one attached hydrogen (secondary N) is 2. The van der Waals surface area contributed by atoms with Gasteiger partial charge >= 0.3 is 6.09 Å². The molecule has 48 valence electrons. The molecule has 0 unspecified atom stereocenters. The summed E-state index contributed by atoms with van der Waals surface area (Å²) in [5, 5.41) is 8.04. The van der Waals surface area contributed by atoms with Crippen LogP contribution in [0.25, 0.3) is 0 Å². The molecule has 1 rings (SSSR count). The molecule has 0 aromatic rings. The van der Waals surface area contributed by atoms with E-state index in [-0.39, 0.29) is 0 Å². The van der Waals surface area contributed by atoms with Crippen LogP contribution >= 0.6 is 0 Å². The van der Waals surface area contributed by atoms with Crippen molar-refractivity contribution >= 4 is 12.3 Å². The van der Waals surface area contributed by atoms with E-state index in [1.54, 1.807) is 0 Å². The molecule has 0 spiro atoms. The largest absolute Gasteiger partial charge is 0.464 e. The van der Waals surface area contributed by atoms with Crippen LogP contribution in [0.15, 0.2) is 16.9 Å². The smallest absolute Gasteiger partial charge is 0.423 e. The predicted octanol–water partition coefficient (Wildman–Crippen LogP) is -0.316. The molecule has 0 radical (unpaired) electrons. The van der Waals surface area contributed by atoms with Crippen molar-refractivity contribution in [1.29, 1.82) is 0 Å². The Morgan fingerprint density at radius 2 is 2.44 bits per heavy atom. The summed E-state index contributed by atoms with van der Waals surface area (Å²) in [4.78, 5) is 13.4.